The summed E-state index contributed by atoms with van der Waals surface area (Å²) in [5.74, 6) is 0.447. The molecule has 0 radical (unpaired) electrons. The van der Waals surface area contributed by atoms with Crippen LogP contribution in [0.3, 0.4) is 0 Å². The monoisotopic (exact) mass is 356 g/mol. The molecule has 2 rings (SSSR count). The zero-order valence-electron chi connectivity index (χ0n) is 10.4. The Labute approximate surface area is 127 Å². The molecule has 0 aliphatic rings. The molecule has 0 fully saturated rings. The van der Waals surface area contributed by atoms with Gasteiger partial charge in [-0.1, -0.05) is 24.3 Å². The van der Waals surface area contributed by atoms with Crippen LogP contribution in [0.2, 0.25) is 0 Å². The fraction of sp³-hybridized carbons (Fsp3) is 0.214. The van der Waals surface area contributed by atoms with Crippen molar-refractivity contribution in [3.05, 3.63) is 56.2 Å². The molecule has 0 N–H and O–H groups in total. The van der Waals surface area contributed by atoms with Crippen molar-refractivity contribution in [3.63, 3.8) is 0 Å². The van der Waals surface area contributed by atoms with Gasteiger partial charge in [-0.25, -0.2) is 0 Å². The van der Waals surface area contributed by atoms with Crippen LogP contribution in [0.1, 0.15) is 20.8 Å². The maximum Gasteiger partial charge on any atom is 0.186 e. The van der Waals surface area contributed by atoms with Gasteiger partial charge in [0.15, 0.2) is 5.78 Å². The molecule has 0 aliphatic carbocycles. The zero-order chi connectivity index (χ0) is 13.8. The van der Waals surface area contributed by atoms with E-state index in [9.17, 15) is 9.00 Å². The average molecular weight is 357 g/mol. The van der Waals surface area contributed by atoms with E-state index in [1.165, 1.54) is 11.3 Å². The Morgan fingerprint density at radius 3 is 2.68 bits per heavy atom. The Balaban J connectivity index is 2.01. The quantitative estimate of drug-likeness (QED) is 0.760. The summed E-state index contributed by atoms with van der Waals surface area (Å²) in [6, 6.07) is 9.66. The number of benzene rings is 1. The summed E-state index contributed by atoms with van der Waals surface area (Å²) in [4.78, 5) is 12.7. The summed E-state index contributed by atoms with van der Waals surface area (Å²) >= 11 is 4.70. The molecular weight excluding hydrogens is 344 g/mol. The number of thiophene rings is 1. The van der Waals surface area contributed by atoms with Crippen LogP contribution in [0.5, 0.6) is 0 Å². The van der Waals surface area contributed by atoms with Crippen LogP contribution in [0, 0.1) is 6.92 Å². The van der Waals surface area contributed by atoms with Gasteiger partial charge in [0.1, 0.15) is 0 Å². The van der Waals surface area contributed by atoms with Gasteiger partial charge in [-0.05, 0) is 45.4 Å². The van der Waals surface area contributed by atoms with Gasteiger partial charge in [-0.2, -0.15) is 0 Å². The maximum atomic E-state index is 12.1. The van der Waals surface area contributed by atoms with Crippen molar-refractivity contribution in [1.29, 1.82) is 0 Å². The smallest absolute Gasteiger partial charge is 0.186 e. The van der Waals surface area contributed by atoms with Crippen LogP contribution in [0.15, 0.2) is 40.2 Å². The maximum absolute atomic E-state index is 12.1. The summed E-state index contributed by atoms with van der Waals surface area (Å²) < 4.78 is 12.8. The molecule has 0 bridgehead atoms. The minimum atomic E-state index is -1.17. The lowest BCUT2D eigenvalue weighted by Gasteiger charge is -2.05. The molecule has 1 unspecified atom stereocenters. The van der Waals surface area contributed by atoms with Crippen molar-refractivity contribution < 1.29 is 9.00 Å². The van der Waals surface area contributed by atoms with E-state index in [4.69, 9.17) is 0 Å². The van der Waals surface area contributed by atoms with Crippen molar-refractivity contribution >= 4 is 43.8 Å². The van der Waals surface area contributed by atoms with Crippen LogP contribution in [-0.2, 0) is 16.6 Å². The number of aryl methyl sites for hydroxylation is 1. The molecule has 19 heavy (non-hydrogen) atoms. The van der Waals surface area contributed by atoms with Crippen molar-refractivity contribution in [2.45, 2.75) is 12.7 Å². The average Bonchev–Trinajstić information content (AvgIpc) is 2.78. The number of ketones is 1. The molecule has 1 aromatic carbocycles. The minimum Gasteiger partial charge on any atom is -0.292 e. The number of carbonyl (C=O) groups excluding carboxylic acids is 1. The number of hydrogen-bond acceptors (Lipinski definition) is 3. The highest BCUT2D eigenvalue weighted by Gasteiger charge is 2.15. The Hall–Kier alpha value is -0.780. The first-order valence-electron chi connectivity index (χ1n) is 5.73. The predicted molar refractivity (Wildman–Crippen MR) is 84.2 cm³/mol. The zero-order valence-corrected chi connectivity index (χ0v) is 13.6. The molecule has 100 valence electrons. The fourth-order valence-corrected chi connectivity index (χ4v) is 4.54. The first-order chi connectivity index (χ1) is 9.08. The molecule has 5 heteroatoms. The van der Waals surface area contributed by atoms with Gasteiger partial charge in [0, 0.05) is 21.0 Å². The predicted octanol–water partition coefficient (Wildman–Crippen LogP) is 3.95. The second-order valence-corrected chi connectivity index (χ2v) is 7.40. The second-order valence-electron chi connectivity index (χ2n) is 4.18. The van der Waals surface area contributed by atoms with Gasteiger partial charge in [0.05, 0.1) is 10.6 Å². The van der Waals surface area contributed by atoms with Gasteiger partial charge < -0.3 is 0 Å². The van der Waals surface area contributed by atoms with E-state index in [2.05, 4.69) is 15.9 Å². The largest absolute Gasteiger partial charge is 0.292 e. The molecule has 0 amide bonds. The highest BCUT2D eigenvalue weighted by atomic mass is 79.9. The number of carbonyl (C=O) groups is 1. The molecule has 0 aliphatic heterocycles. The Morgan fingerprint density at radius 1 is 1.32 bits per heavy atom. The lowest BCUT2D eigenvalue weighted by atomic mass is 10.1. The highest BCUT2D eigenvalue weighted by molar-refractivity contribution is 9.10. The van der Waals surface area contributed by atoms with Gasteiger partial charge in [0.25, 0.3) is 0 Å². The van der Waals surface area contributed by atoms with E-state index in [0.717, 1.165) is 15.6 Å². The van der Waals surface area contributed by atoms with E-state index >= 15 is 0 Å². The van der Waals surface area contributed by atoms with Crippen molar-refractivity contribution in [2.75, 3.05) is 5.75 Å². The standard InChI is InChI=1S/C14H13BrO2S2/c1-10-4-2-3-5-11(10)8-19(17)9-13(16)14-12(15)6-7-18-14/h2-7H,8-9H2,1H3. The van der Waals surface area contributed by atoms with Crippen LogP contribution in [0.4, 0.5) is 0 Å². The lowest BCUT2D eigenvalue weighted by molar-refractivity contribution is 0.102. The van der Waals surface area contributed by atoms with Crippen molar-refractivity contribution in [1.82, 2.24) is 0 Å². The topological polar surface area (TPSA) is 34.1 Å². The number of rotatable bonds is 5. The van der Waals surface area contributed by atoms with E-state index in [-0.39, 0.29) is 11.5 Å². The van der Waals surface area contributed by atoms with Crippen LogP contribution in [0.25, 0.3) is 0 Å². The summed E-state index contributed by atoms with van der Waals surface area (Å²) in [5.41, 5.74) is 2.15. The summed E-state index contributed by atoms with van der Waals surface area (Å²) in [6.45, 7) is 1.99. The fourth-order valence-electron chi connectivity index (χ4n) is 1.70. The summed E-state index contributed by atoms with van der Waals surface area (Å²) in [5, 5.41) is 1.85. The van der Waals surface area contributed by atoms with Gasteiger partial charge >= 0.3 is 0 Å². The van der Waals surface area contributed by atoms with Crippen molar-refractivity contribution in [2.24, 2.45) is 0 Å². The number of hydrogen-bond donors (Lipinski definition) is 0. The van der Waals surface area contributed by atoms with Gasteiger partial charge in [-0.15, -0.1) is 11.3 Å². The third-order valence-electron chi connectivity index (χ3n) is 2.74. The van der Waals surface area contributed by atoms with Gasteiger partial charge in [-0.3, -0.25) is 9.00 Å². The molecule has 0 saturated heterocycles. The Morgan fingerprint density at radius 2 is 2.05 bits per heavy atom. The van der Waals surface area contributed by atoms with E-state index in [0.29, 0.717) is 10.6 Å². The molecule has 1 heterocycles. The van der Waals surface area contributed by atoms with Crippen LogP contribution < -0.4 is 0 Å². The second kappa shape index (κ2) is 6.59. The SMILES string of the molecule is Cc1ccccc1CS(=O)CC(=O)c1sccc1Br. The van der Waals surface area contributed by atoms with E-state index in [1.54, 1.807) is 0 Å². The Bertz CT molecular complexity index is 619. The normalized spacial score (nSPS) is 12.3. The minimum absolute atomic E-state index is 0.0613. The van der Waals surface area contributed by atoms with Crippen LogP contribution in [-0.4, -0.2) is 15.7 Å². The van der Waals surface area contributed by atoms with E-state index < -0.39 is 10.8 Å². The molecule has 0 saturated carbocycles. The first kappa shape index (κ1) is 14.6. The molecule has 1 atom stereocenters. The third kappa shape index (κ3) is 3.84. The number of halogens is 1. The molecule has 1 aromatic heterocycles. The molecule has 2 aromatic rings. The molecule has 0 spiro atoms. The van der Waals surface area contributed by atoms with Crippen molar-refractivity contribution in [3.8, 4) is 0 Å². The van der Waals surface area contributed by atoms with Crippen LogP contribution >= 0.6 is 27.3 Å². The third-order valence-corrected chi connectivity index (χ3v) is 5.84. The Kier molecular flexibility index (Phi) is 5.07. The van der Waals surface area contributed by atoms with Gasteiger partial charge in [0.2, 0.25) is 0 Å². The highest BCUT2D eigenvalue weighted by Crippen LogP contribution is 2.23. The van der Waals surface area contributed by atoms with E-state index in [1.807, 2.05) is 42.6 Å². The molecule has 2 nitrogen and oxygen atoms in total. The molecular formula is C14H13BrO2S2. The number of Topliss-reactive ketones (excluding diaryl/α,β-unsaturated/α-hetero) is 1. The first-order valence-corrected chi connectivity index (χ1v) is 8.89. The summed E-state index contributed by atoms with van der Waals surface area (Å²) in [7, 11) is -1.17. The summed E-state index contributed by atoms with van der Waals surface area (Å²) in [6.07, 6.45) is 0. The lowest BCUT2D eigenvalue weighted by Crippen LogP contribution is -2.12.